The molecule has 2 N–H and O–H groups in total. The van der Waals surface area contributed by atoms with Crippen LogP contribution in [0.1, 0.15) is 41.3 Å². The number of nitrogens with one attached hydrogen (secondary N) is 2. The highest BCUT2D eigenvalue weighted by molar-refractivity contribution is 5.94. The van der Waals surface area contributed by atoms with E-state index in [0.29, 0.717) is 30.5 Å². The smallest absolute Gasteiger partial charge is 0.251 e. The van der Waals surface area contributed by atoms with Crippen LogP contribution in [0.15, 0.2) is 36.5 Å². The van der Waals surface area contributed by atoms with Crippen LogP contribution < -0.4 is 10.6 Å². The molecule has 0 aliphatic rings. The second kappa shape index (κ2) is 8.45. The van der Waals surface area contributed by atoms with E-state index in [0.717, 1.165) is 11.3 Å². The Morgan fingerprint density at radius 3 is 2.79 bits per heavy atom. The van der Waals surface area contributed by atoms with Gasteiger partial charge in [0.25, 0.3) is 5.91 Å². The normalized spacial score (nSPS) is 10.7. The maximum absolute atomic E-state index is 12.1. The van der Waals surface area contributed by atoms with Crippen molar-refractivity contribution in [3.05, 3.63) is 53.2 Å². The van der Waals surface area contributed by atoms with Gasteiger partial charge in [-0.3, -0.25) is 4.79 Å². The van der Waals surface area contributed by atoms with Crippen LogP contribution in [0.4, 0.5) is 11.5 Å². The lowest BCUT2D eigenvalue weighted by Gasteiger charge is -2.17. The number of pyridine rings is 1. The molecule has 0 radical (unpaired) electrons. The van der Waals surface area contributed by atoms with E-state index < -0.39 is 0 Å². The van der Waals surface area contributed by atoms with Gasteiger partial charge in [0.05, 0.1) is 6.61 Å². The van der Waals surface area contributed by atoms with Crippen molar-refractivity contribution in [1.29, 1.82) is 0 Å². The van der Waals surface area contributed by atoms with Gasteiger partial charge in [0.2, 0.25) is 0 Å². The SMILES string of the molecule is COCCNC(=O)c1ccnc(Nc2c(C)cccc2C(C)C)c1. The van der Waals surface area contributed by atoms with Crippen LogP contribution in [0.5, 0.6) is 0 Å². The molecular formula is C19H25N3O2. The maximum Gasteiger partial charge on any atom is 0.251 e. The first-order valence-electron chi connectivity index (χ1n) is 8.12. The molecule has 0 fully saturated rings. The molecule has 0 unspecified atom stereocenters. The molecule has 1 aromatic carbocycles. The minimum absolute atomic E-state index is 0.133. The number of anilines is 2. The van der Waals surface area contributed by atoms with Gasteiger partial charge in [0.1, 0.15) is 5.82 Å². The van der Waals surface area contributed by atoms with Gasteiger partial charge in [-0.2, -0.15) is 0 Å². The molecule has 128 valence electrons. The van der Waals surface area contributed by atoms with Gasteiger partial charge in [-0.25, -0.2) is 4.98 Å². The van der Waals surface area contributed by atoms with Crippen molar-refractivity contribution in [2.24, 2.45) is 0 Å². The van der Waals surface area contributed by atoms with E-state index in [1.807, 2.05) is 0 Å². The van der Waals surface area contributed by atoms with Gasteiger partial charge < -0.3 is 15.4 Å². The Bertz CT molecular complexity index is 699. The summed E-state index contributed by atoms with van der Waals surface area (Å²) in [6, 6.07) is 9.70. The van der Waals surface area contributed by atoms with Crippen LogP contribution in [-0.4, -0.2) is 31.2 Å². The summed E-state index contributed by atoms with van der Waals surface area (Å²) in [5.41, 5.74) is 4.00. The number of aromatic nitrogens is 1. The zero-order valence-corrected chi connectivity index (χ0v) is 14.7. The fourth-order valence-electron chi connectivity index (χ4n) is 2.48. The number of amides is 1. The standard InChI is InChI=1S/C19H25N3O2/c1-13(2)16-7-5-6-14(3)18(16)22-17-12-15(8-9-20-17)19(23)21-10-11-24-4/h5-9,12-13H,10-11H2,1-4H3,(H,20,22)(H,21,23). The topological polar surface area (TPSA) is 63.2 Å². The lowest BCUT2D eigenvalue weighted by molar-refractivity contribution is 0.0937. The van der Waals surface area contributed by atoms with Crippen molar-refractivity contribution in [2.75, 3.05) is 25.6 Å². The van der Waals surface area contributed by atoms with E-state index in [1.54, 1.807) is 25.4 Å². The molecule has 2 rings (SSSR count). The first-order chi connectivity index (χ1) is 11.5. The van der Waals surface area contributed by atoms with Crippen LogP contribution in [0.25, 0.3) is 0 Å². The van der Waals surface area contributed by atoms with E-state index in [1.165, 1.54) is 5.56 Å². The monoisotopic (exact) mass is 327 g/mol. The molecule has 5 heteroatoms. The minimum Gasteiger partial charge on any atom is -0.383 e. The number of hydrogen-bond acceptors (Lipinski definition) is 4. The summed E-state index contributed by atoms with van der Waals surface area (Å²) < 4.78 is 4.94. The number of ether oxygens (including phenoxy) is 1. The molecule has 24 heavy (non-hydrogen) atoms. The summed E-state index contributed by atoms with van der Waals surface area (Å²) in [5, 5.41) is 6.18. The van der Waals surface area contributed by atoms with E-state index >= 15 is 0 Å². The summed E-state index contributed by atoms with van der Waals surface area (Å²) in [7, 11) is 1.61. The number of carbonyl (C=O) groups is 1. The Kier molecular flexibility index (Phi) is 6.32. The average Bonchev–Trinajstić information content (AvgIpc) is 2.57. The third kappa shape index (κ3) is 4.55. The number of nitrogens with zero attached hydrogens (tertiary/aromatic N) is 1. The van der Waals surface area contributed by atoms with Gasteiger partial charge in [0.15, 0.2) is 0 Å². The second-order valence-corrected chi connectivity index (χ2v) is 6.00. The highest BCUT2D eigenvalue weighted by Gasteiger charge is 2.11. The summed E-state index contributed by atoms with van der Waals surface area (Å²) in [5.74, 6) is 0.921. The predicted octanol–water partition coefficient (Wildman–Crippen LogP) is 3.63. The van der Waals surface area contributed by atoms with E-state index in [2.05, 4.69) is 54.6 Å². The Morgan fingerprint density at radius 2 is 2.08 bits per heavy atom. The lowest BCUT2D eigenvalue weighted by Crippen LogP contribution is -2.27. The molecule has 1 amide bonds. The van der Waals surface area contributed by atoms with Crippen molar-refractivity contribution in [3.63, 3.8) is 0 Å². The molecule has 0 spiro atoms. The summed E-state index contributed by atoms with van der Waals surface area (Å²) in [6.07, 6.45) is 1.64. The number of para-hydroxylation sites is 1. The quantitative estimate of drug-likeness (QED) is 0.762. The van der Waals surface area contributed by atoms with Gasteiger partial charge in [-0.05, 0) is 36.1 Å². The molecule has 0 bridgehead atoms. The van der Waals surface area contributed by atoms with Crippen molar-refractivity contribution in [1.82, 2.24) is 10.3 Å². The fourth-order valence-corrected chi connectivity index (χ4v) is 2.48. The van der Waals surface area contributed by atoms with Crippen LogP contribution in [0.2, 0.25) is 0 Å². The zero-order chi connectivity index (χ0) is 17.5. The zero-order valence-electron chi connectivity index (χ0n) is 14.7. The number of carbonyl (C=O) groups excluding carboxylic acids is 1. The van der Waals surface area contributed by atoms with E-state index in [-0.39, 0.29) is 5.91 Å². The Hall–Kier alpha value is -2.40. The van der Waals surface area contributed by atoms with Crippen LogP contribution in [0, 0.1) is 6.92 Å². The Balaban J connectivity index is 2.20. The summed E-state index contributed by atoms with van der Waals surface area (Å²) in [4.78, 5) is 16.5. The number of methoxy groups -OCH3 is 1. The van der Waals surface area contributed by atoms with Gasteiger partial charge >= 0.3 is 0 Å². The molecule has 1 heterocycles. The minimum atomic E-state index is -0.133. The van der Waals surface area contributed by atoms with Gasteiger partial charge in [0, 0.05) is 31.1 Å². The molecule has 0 saturated heterocycles. The lowest BCUT2D eigenvalue weighted by atomic mass is 9.98. The molecule has 0 aliphatic heterocycles. The van der Waals surface area contributed by atoms with E-state index in [4.69, 9.17) is 4.74 Å². The predicted molar refractivity (Wildman–Crippen MR) is 97.0 cm³/mol. The molecule has 5 nitrogen and oxygen atoms in total. The Morgan fingerprint density at radius 1 is 1.29 bits per heavy atom. The fraction of sp³-hybridized carbons (Fsp3) is 0.368. The van der Waals surface area contributed by atoms with E-state index in [9.17, 15) is 4.79 Å². The number of benzene rings is 1. The average molecular weight is 327 g/mol. The molecular weight excluding hydrogens is 302 g/mol. The second-order valence-electron chi connectivity index (χ2n) is 6.00. The molecule has 0 aliphatic carbocycles. The highest BCUT2D eigenvalue weighted by atomic mass is 16.5. The van der Waals surface area contributed by atoms with Gasteiger partial charge in [-0.15, -0.1) is 0 Å². The Labute approximate surface area is 143 Å². The highest BCUT2D eigenvalue weighted by Crippen LogP contribution is 2.29. The molecule has 0 atom stereocenters. The van der Waals surface area contributed by atoms with Crippen molar-refractivity contribution in [2.45, 2.75) is 26.7 Å². The molecule has 1 aromatic heterocycles. The van der Waals surface area contributed by atoms with Crippen LogP contribution in [0.3, 0.4) is 0 Å². The van der Waals surface area contributed by atoms with Crippen LogP contribution in [-0.2, 0) is 4.74 Å². The molecule has 0 saturated carbocycles. The maximum atomic E-state index is 12.1. The van der Waals surface area contributed by atoms with Crippen LogP contribution >= 0.6 is 0 Å². The number of hydrogen-bond donors (Lipinski definition) is 2. The summed E-state index contributed by atoms with van der Waals surface area (Å²) in [6.45, 7) is 7.36. The molecule has 2 aromatic rings. The van der Waals surface area contributed by atoms with Crippen molar-refractivity contribution in [3.8, 4) is 0 Å². The van der Waals surface area contributed by atoms with Gasteiger partial charge in [-0.1, -0.05) is 32.0 Å². The van der Waals surface area contributed by atoms with Crippen molar-refractivity contribution >= 4 is 17.4 Å². The first-order valence-corrected chi connectivity index (χ1v) is 8.12. The number of aryl methyl sites for hydroxylation is 1. The third-order valence-corrected chi connectivity index (χ3v) is 3.79. The first kappa shape index (κ1) is 17.9. The summed E-state index contributed by atoms with van der Waals surface area (Å²) >= 11 is 0. The third-order valence-electron chi connectivity index (χ3n) is 3.79. The number of rotatable bonds is 7. The largest absolute Gasteiger partial charge is 0.383 e. The van der Waals surface area contributed by atoms with Crippen molar-refractivity contribution < 1.29 is 9.53 Å².